The molecule has 0 aliphatic rings. The topological polar surface area (TPSA) is 29.3 Å². The van der Waals surface area contributed by atoms with Gasteiger partial charge in [-0.3, -0.25) is 0 Å². The first kappa shape index (κ1) is 14.0. The van der Waals surface area contributed by atoms with Crippen molar-refractivity contribution in [2.75, 3.05) is 18.5 Å². The number of hydrogen-bond donors (Lipinski definition) is 1. The van der Waals surface area contributed by atoms with Gasteiger partial charge in [0.15, 0.2) is 0 Å². The highest BCUT2D eigenvalue weighted by Crippen LogP contribution is 2.18. The van der Waals surface area contributed by atoms with Crippen LogP contribution in [0, 0.1) is 19.8 Å². The van der Waals surface area contributed by atoms with Crippen molar-refractivity contribution >= 4 is 5.69 Å². The molecule has 1 aromatic carbocycles. The van der Waals surface area contributed by atoms with E-state index in [1.54, 1.807) is 0 Å². The van der Waals surface area contributed by atoms with E-state index in [9.17, 15) is 0 Å². The highest BCUT2D eigenvalue weighted by atomic mass is 15.1. The fraction of sp³-hybridized carbons (Fsp3) is 0.600. The minimum Gasteiger partial charge on any atom is -0.373 e. The Bertz CT molecular complexity index is 338. The minimum absolute atomic E-state index is 0.251. The molecule has 2 heteroatoms. The molecular weight excluding hydrogens is 208 g/mol. The lowest BCUT2D eigenvalue weighted by Gasteiger charge is -2.25. The maximum Gasteiger partial charge on any atom is 0.0369 e. The Balaban J connectivity index is 2.66. The van der Waals surface area contributed by atoms with Crippen LogP contribution >= 0.6 is 0 Å². The van der Waals surface area contributed by atoms with Crippen LogP contribution in [0.4, 0.5) is 5.69 Å². The third kappa shape index (κ3) is 4.78. The monoisotopic (exact) mass is 234 g/mol. The molecule has 0 saturated heterocycles. The average molecular weight is 234 g/mol. The SMILES string of the molecule is Cc1cc(C)cc(N(C)C[C@H](N)CC(C)C)c1. The Morgan fingerprint density at radius 2 is 1.65 bits per heavy atom. The molecule has 0 aromatic heterocycles. The molecule has 1 aromatic rings. The molecule has 0 radical (unpaired) electrons. The summed E-state index contributed by atoms with van der Waals surface area (Å²) in [5, 5.41) is 0. The van der Waals surface area contributed by atoms with Gasteiger partial charge in [-0.1, -0.05) is 19.9 Å². The predicted octanol–water partition coefficient (Wildman–Crippen LogP) is 3.11. The lowest BCUT2D eigenvalue weighted by molar-refractivity contribution is 0.495. The molecule has 2 nitrogen and oxygen atoms in total. The quantitative estimate of drug-likeness (QED) is 0.848. The molecule has 0 aliphatic carbocycles. The van der Waals surface area contributed by atoms with Crippen molar-refractivity contribution in [2.45, 2.75) is 40.2 Å². The van der Waals surface area contributed by atoms with Gasteiger partial charge in [-0.25, -0.2) is 0 Å². The van der Waals surface area contributed by atoms with Gasteiger partial charge in [0.05, 0.1) is 0 Å². The molecule has 0 amide bonds. The third-order valence-corrected chi connectivity index (χ3v) is 2.93. The van der Waals surface area contributed by atoms with Gasteiger partial charge in [0.25, 0.3) is 0 Å². The van der Waals surface area contributed by atoms with E-state index in [-0.39, 0.29) is 6.04 Å². The summed E-state index contributed by atoms with van der Waals surface area (Å²) in [6.45, 7) is 9.63. The maximum absolute atomic E-state index is 6.15. The van der Waals surface area contributed by atoms with Gasteiger partial charge in [0, 0.05) is 25.3 Å². The summed E-state index contributed by atoms with van der Waals surface area (Å²) >= 11 is 0. The Morgan fingerprint density at radius 3 is 2.12 bits per heavy atom. The summed E-state index contributed by atoms with van der Waals surface area (Å²) in [6.07, 6.45) is 1.08. The van der Waals surface area contributed by atoms with E-state index >= 15 is 0 Å². The van der Waals surface area contributed by atoms with E-state index in [2.05, 4.69) is 57.8 Å². The van der Waals surface area contributed by atoms with Crippen molar-refractivity contribution in [3.05, 3.63) is 29.3 Å². The number of hydrogen-bond acceptors (Lipinski definition) is 2. The molecule has 96 valence electrons. The zero-order valence-corrected chi connectivity index (χ0v) is 11.8. The van der Waals surface area contributed by atoms with Crippen LogP contribution in [0.2, 0.25) is 0 Å². The van der Waals surface area contributed by atoms with Crippen LogP contribution < -0.4 is 10.6 Å². The van der Waals surface area contributed by atoms with Gasteiger partial charge in [-0.05, 0) is 49.4 Å². The molecular formula is C15H26N2. The number of nitrogens with zero attached hydrogens (tertiary/aromatic N) is 1. The van der Waals surface area contributed by atoms with E-state index in [1.807, 2.05) is 0 Å². The normalized spacial score (nSPS) is 12.9. The summed E-state index contributed by atoms with van der Waals surface area (Å²) in [7, 11) is 2.12. The largest absolute Gasteiger partial charge is 0.373 e. The van der Waals surface area contributed by atoms with E-state index in [0.717, 1.165) is 13.0 Å². The maximum atomic E-state index is 6.15. The van der Waals surface area contributed by atoms with Gasteiger partial charge in [0.2, 0.25) is 0 Å². The van der Waals surface area contributed by atoms with E-state index in [0.29, 0.717) is 5.92 Å². The second kappa shape index (κ2) is 6.06. The number of likely N-dealkylation sites (N-methyl/N-ethyl adjacent to an activating group) is 1. The summed E-state index contributed by atoms with van der Waals surface area (Å²) < 4.78 is 0. The number of aryl methyl sites for hydroxylation is 2. The molecule has 0 spiro atoms. The van der Waals surface area contributed by atoms with Gasteiger partial charge < -0.3 is 10.6 Å². The Morgan fingerprint density at radius 1 is 1.12 bits per heavy atom. The standard InChI is InChI=1S/C15H26N2/c1-11(2)6-14(16)10-17(5)15-8-12(3)7-13(4)9-15/h7-9,11,14H,6,10,16H2,1-5H3/t14-/m1/s1. The lowest BCUT2D eigenvalue weighted by Crippen LogP contribution is -2.36. The van der Waals surface area contributed by atoms with Crippen LogP contribution in [0.15, 0.2) is 18.2 Å². The molecule has 17 heavy (non-hydrogen) atoms. The number of rotatable bonds is 5. The molecule has 0 fully saturated rings. The van der Waals surface area contributed by atoms with Crippen molar-refractivity contribution in [2.24, 2.45) is 11.7 Å². The Labute approximate surface area is 106 Å². The summed E-state index contributed by atoms with van der Waals surface area (Å²) in [6, 6.07) is 6.89. The van der Waals surface area contributed by atoms with E-state index < -0.39 is 0 Å². The molecule has 0 aliphatic heterocycles. The first-order valence-corrected chi connectivity index (χ1v) is 6.43. The average Bonchev–Trinajstić information content (AvgIpc) is 2.14. The Kier molecular flexibility index (Phi) is 5.01. The van der Waals surface area contributed by atoms with Crippen molar-refractivity contribution in [1.29, 1.82) is 0 Å². The van der Waals surface area contributed by atoms with Crippen molar-refractivity contribution in [3.63, 3.8) is 0 Å². The first-order valence-electron chi connectivity index (χ1n) is 6.43. The molecule has 1 atom stereocenters. The van der Waals surface area contributed by atoms with Gasteiger partial charge in [0.1, 0.15) is 0 Å². The third-order valence-electron chi connectivity index (χ3n) is 2.93. The lowest BCUT2D eigenvalue weighted by atomic mass is 10.0. The second-order valence-corrected chi connectivity index (χ2v) is 5.62. The van der Waals surface area contributed by atoms with Crippen molar-refractivity contribution < 1.29 is 0 Å². The zero-order chi connectivity index (χ0) is 13.0. The molecule has 0 heterocycles. The first-order chi connectivity index (χ1) is 7.88. The minimum atomic E-state index is 0.251. The summed E-state index contributed by atoms with van der Waals surface area (Å²) in [5.41, 5.74) is 10.0. The molecule has 0 unspecified atom stereocenters. The van der Waals surface area contributed by atoms with Gasteiger partial charge >= 0.3 is 0 Å². The smallest absolute Gasteiger partial charge is 0.0369 e. The zero-order valence-electron chi connectivity index (χ0n) is 11.8. The Hall–Kier alpha value is -1.02. The fourth-order valence-electron chi connectivity index (χ4n) is 2.31. The van der Waals surface area contributed by atoms with Crippen LogP contribution in [0.1, 0.15) is 31.4 Å². The fourth-order valence-corrected chi connectivity index (χ4v) is 2.31. The highest BCUT2D eigenvalue weighted by Gasteiger charge is 2.10. The second-order valence-electron chi connectivity index (χ2n) is 5.62. The van der Waals surface area contributed by atoms with Crippen LogP contribution in [0.3, 0.4) is 0 Å². The summed E-state index contributed by atoms with van der Waals surface area (Å²) in [5.74, 6) is 0.664. The number of benzene rings is 1. The van der Waals surface area contributed by atoms with Crippen LogP contribution in [-0.4, -0.2) is 19.6 Å². The van der Waals surface area contributed by atoms with Gasteiger partial charge in [-0.15, -0.1) is 0 Å². The molecule has 2 N–H and O–H groups in total. The molecule has 0 saturated carbocycles. The highest BCUT2D eigenvalue weighted by molar-refractivity contribution is 5.50. The van der Waals surface area contributed by atoms with E-state index in [1.165, 1.54) is 16.8 Å². The van der Waals surface area contributed by atoms with Crippen LogP contribution in [0.5, 0.6) is 0 Å². The predicted molar refractivity (Wildman–Crippen MR) is 76.6 cm³/mol. The number of nitrogens with two attached hydrogens (primary N) is 1. The van der Waals surface area contributed by atoms with Crippen LogP contribution in [-0.2, 0) is 0 Å². The summed E-state index contributed by atoms with van der Waals surface area (Å²) in [4.78, 5) is 2.26. The van der Waals surface area contributed by atoms with Crippen molar-refractivity contribution in [3.8, 4) is 0 Å². The van der Waals surface area contributed by atoms with E-state index in [4.69, 9.17) is 5.73 Å². The van der Waals surface area contributed by atoms with Crippen LogP contribution in [0.25, 0.3) is 0 Å². The number of anilines is 1. The molecule has 0 bridgehead atoms. The van der Waals surface area contributed by atoms with Crippen molar-refractivity contribution in [1.82, 2.24) is 0 Å². The van der Waals surface area contributed by atoms with Gasteiger partial charge in [-0.2, -0.15) is 0 Å². The molecule has 1 rings (SSSR count).